The van der Waals surface area contributed by atoms with Gasteiger partial charge in [-0.3, -0.25) is 9.59 Å². The fourth-order valence-electron chi connectivity index (χ4n) is 7.11. The summed E-state index contributed by atoms with van der Waals surface area (Å²) in [5, 5.41) is 13.3. The van der Waals surface area contributed by atoms with Crippen LogP contribution in [0.5, 0.6) is 0 Å². The highest BCUT2D eigenvalue weighted by Gasteiger charge is 2.27. The number of ether oxygens (including phenoxy) is 2. The summed E-state index contributed by atoms with van der Waals surface area (Å²) in [6.45, 7) is 10.3. The molecular weight excluding hydrogens is 616 g/mol. The van der Waals surface area contributed by atoms with E-state index in [9.17, 15) is 14.9 Å². The van der Waals surface area contributed by atoms with Gasteiger partial charge in [0.25, 0.3) is 0 Å². The van der Waals surface area contributed by atoms with E-state index in [-0.39, 0.29) is 24.8 Å². The normalized spacial score (nSPS) is 16.1. The van der Waals surface area contributed by atoms with Gasteiger partial charge in [0, 0.05) is 34.3 Å². The number of aromatic nitrogens is 1. The highest BCUT2D eigenvalue weighted by molar-refractivity contribution is 6.24. The van der Waals surface area contributed by atoms with E-state index in [1.807, 2.05) is 38.1 Å². The number of aliphatic imine (C=N–C) groups is 2. The van der Waals surface area contributed by atoms with Crippen molar-refractivity contribution < 1.29 is 19.1 Å². The maximum absolute atomic E-state index is 12.3. The second-order valence-corrected chi connectivity index (χ2v) is 12.5. The third-order valence-corrected chi connectivity index (χ3v) is 9.91. The van der Waals surface area contributed by atoms with E-state index in [1.165, 1.54) is 14.2 Å². The van der Waals surface area contributed by atoms with Gasteiger partial charge in [-0.25, -0.2) is 15.0 Å². The molecule has 1 aromatic heterocycles. The number of fused-ring (bicyclic) bond motifs is 5. The molecule has 3 N–H and O–H groups in total. The Morgan fingerprint density at radius 3 is 2.20 bits per heavy atom. The molecule has 0 saturated heterocycles. The first-order valence-electron chi connectivity index (χ1n) is 16.6. The minimum Gasteiger partial charge on any atom is -0.469 e. The number of allylic oxidation sites excluding steroid dienone is 6. The number of H-pyrrole nitrogens is 1. The van der Waals surface area contributed by atoms with E-state index in [2.05, 4.69) is 31.8 Å². The summed E-state index contributed by atoms with van der Waals surface area (Å²) in [6.07, 6.45) is 8.69. The maximum atomic E-state index is 12.3. The average molecular weight is 657 g/mol. The van der Waals surface area contributed by atoms with Crippen LogP contribution < -0.4 is 27.0 Å². The van der Waals surface area contributed by atoms with E-state index in [0.29, 0.717) is 35.9 Å². The van der Waals surface area contributed by atoms with Crippen LogP contribution >= 0.6 is 0 Å². The van der Waals surface area contributed by atoms with Crippen molar-refractivity contribution in [2.45, 2.75) is 73.1 Å². The first kappa shape index (κ1) is 33.3. The third-order valence-electron chi connectivity index (χ3n) is 9.91. The van der Waals surface area contributed by atoms with E-state index in [1.54, 1.807) is 0 Å². The van der Waals surface area contributed by atoms with Gasteiger partial charge in [-0.15, -0.1) is 0 Å². The molecule has 10 nitrogen and oxygen atoms in total. The van der Waals surface area contributed by atoms with Crippen molar-refractivity contribution in [1.29, 1.82) is 5.26 Å². The number of nitrogens with two attached hydrogens (primary N) is 1. The summed E-state index contributed by atoms with van der Waals surface area (Å²) < 4.78 is 9.94. The van der Waals surface area contributed by atoms with E-state index in [0.717, 1.165) is 95.4 Å². The molecule has 250 valence electrons. The Morgan fingerprint density at radius 1 is 0.857 bits per heavy atom. The minimum atomic E-state index is -0.301. The highest BCUT2D eigenvalue weighted by atomic mass is 16.5. The molecule has 0 atom stereocenters. The number of nitrogens with one attached hydrogen (secondary N) is 1. The monoisotopic (exact) mass is 656 g/mol. The quantitative estimate of drug-likeness (QED) is 0.325. The number of anilines is 1. The number of nitriles is 1. The molecule has 8 bridgehead atoms. The Labute approximate surface area is 284 Å². The zero-order valence-electron chi connectivity index (χ0n) is 29.1. The molecule has 0 aliphatic carbocycles. The Morgan fingerprint density at radius 2 is 1.55 bits per heavy atom. The Hall–Kier alpha value is -5.56. The second-order valence-electron chi connectivity index (χ2n) is 12.5. The van der Waals surface area contributed by atoms with Gasteiger partial charge in [-0.05, 0) is 110 Å². The highest BCUT2D eigenvalue weighted by Crippen LogP contribution is 2.35. The summed E-state index contributed by atoms with van der Waals surface area (Å²) in [6, 6.07) is 4.12. The van der Waals surface area contributed by atoms with Crippen molar-refractivity contribution in [1.82, 2.24) is 4.98 Å². The number of aromatic amines is 1. The SMILES string of the molecule is CCC1=C(C)C2=NC1=c1cc(C#N)c(N)c3c1=NC(=C3CC)C=c1[nH]c(c(CCC(=O)OC)c1C)=CC1=NC(=C2)C(C)=C1CCC(=O)OC. The predicted octanol–water partition coefficient (Wildman–Crippen LogP) is 3.81. The molecule has 2 aromatic rings. The van der Waals surface area contributed by atoms with Crippen LogP contribution in [-0.2, 0) is 25.5 Å². The molecule has 0 spiro atoms. The van der Waals surface area contributed by atoms with Crippen molar-refractivity contribution in [3.8, 4) is 6.07 Å². The van der Waals surface area contributed by atoms with Crippen LogP contribution in [0.25, 0.3) is 23.4 Å². The zero-order chi connectivity index (χ0) is 35.1. The fraction of sp³-hybridized carbons (Fsp3) is 0.333. The van der Waals surface area contributed by atoms with Gasteiger partial charge < -0.3 is 20.2 Å². The lowest BCUT2D eigenvalue weighted by Gasteiger charge is -2.09. The first-order valence-corrected chi connectivity index (χ1v) is 16.6. The van der Waals surface area contributed by atoms with Crippen LogP contribution in [0, 0.1) is 18.3 Å². The molecule has 6 rings (SSSR count). The van der Waals surface area contributed by atoms with Gasteiger partial charge in [0.05, 0.1) is 59.3 Å². The molecule has 10 heteroatoms. The van der Waals surface area contributed by atoms with E-state index < -0.39 is 0 Å². The summed E-state index contributed by atoms with van der Waals surface area (Å²) in [5.41, 5.74) is 18.9. The summed E-state index contributed by atoms with van der Waals surface area (Å²) >= 11 is 0. The zero-order valence-corrected chi connectivity index (χ0v) is 29.1. The lowest BCUT2D eigenvalue weighted by Crippen LogP contribution is -2.31. The predicted molar refractivity (Wildman–Crippen MR) is 191 cm³/mol. The van der Waals surface area contributed by atoms with Crippen LogP contribution in [0.3, 0.4) is 0 Å². The number of nitrogens with zero attached hydrogens (tertiary/aromatic N) is 4. The number of hydrogen-bond acceptors (Lipinski definition) is 9. The van der Waals surface area contributed by atoms with Crippen LogP contribution in [0.2, 0.25) is 0 Å². The van der Waals surface area contributed by atoms with Crippen LogP contribution in [0.1, 0.15) is 82.1 Å². The minimum absolute atomic E-state index is 0.205. The standard InChI is InChI=1S/C39H40N6O4/c1-8-23-19(3)30-15-28-20(4)25(10-12-34(46)48-6)32(42-28)17-33-26(11-13-35(47)49-7)21(5)29(43-33)16-31-24(9-2)36-37(41)22(18-40)14-27(38(23)44-30)39(36)45-31/h14-17,43H,8-13,41H2,1-7H3. The van der Waals surface area contributed by atoms with Gasteiger partial charge in [0.2, 0.25) is 0 Å². The summed E-state index contributed by atoms with van der Waals surface area (Å²) in [7, 11) is 2.78. The lowest BCUT2D eigenvalue weighted by molar-refractivity contribution is -0.141. The van der Waals surface area contributed by atoms with Crippen molar-refractivity contribution in [3.63, 3.8) is 0 Å². The molecule has 0 fully saturated rings. The topological polar surface area (TPSA) is 155 Å². The molecule has 0 amide bonds. The van der Waals surface area contributed by atoms with Crippen LogP contribution in [0.4, 0.5) is 5.69 Å². The van der Waals surface area contributed by atoms with E-state index >= 15 is 0 Å². The number of carbonyl (C=O) groups excluding carboxylic acids is 2. The summed E-state index contributed by atoms with van der Waals surface area (Å²) in [4.78, 5) is 43.6. The van der Waals surface area contributed by atoms with Crippen molar-refractivity contribution in [2.75, 3.05) is 20.0 Å². The smallest absolute Gasteiger partial charge is 0.305 e. The number of esters is 2. The molecule has 1 aromatic carbocycles. The molecular formula is C39H40N6O4. The van der Waals surface area contributed by atoms with Crippen molar-refractivity contribution >= 4 is 52.5 Å². The average Bonchev–Trinajstić information content (AvgIpc) is 3.80. The van der Waals surface area contributed by atoms with Gasteiger partial charge in [-0.1, -0.05) is 13.8 Å². The Bertz CT molecular complexity index is 2350. The third kappa shape index (κ3) is 5.69. The second kappa shape index (κ2) is 13.2. The number of nitrogen functional groups attached to an aromatic ring is 1. The number of benzene rings is 1. The number of methoxy groups -OCH3 is 2. The Balaban J connectivity index is 1.75. The molecule has 4 aliphatic heterocycles. The van der Waals surface area contributed by atoms with Crippen molar-refractivity contribution in [3.05, 3.63) is 89.4 Å². The molecule has 4 aliphatic rings. The van der Waals surface area contributed by atoms with Crippen LogP contribution in [-0.4, -0.2) is 42.6 Å². The van der Waals surface area contributed by atoms with Gasteiger partial charge in [0.15, 0.2) is 0 Å². The molecule has 0 radical (unpaired) electrons. The molecule has 49 heavy (non-hydrogen) atoms. The number of carbonyl (C=O) groups is 2. The van der Waals surface area contributed by atoms with Gasteiger partial charge >= 0.3 is 11.9 Å². The largest absolute Gasteiger partial charge is 0.469 e. The molecule has 0 unspecified atom stereocenters. The Kier molecular flexibility index (Phi) is 8.95. The number of rotatable bonds is 8. The van der Waals surface area contributed by atoms with Gasteiger partial charge in [0.1, 0.15) is 6.07 Å². The van der Waals surface area contributed by atoms with Crippen LogP contribution in [0.15, 0.2) is 60.8 Å². The number of hydrogen-bond donors (Lipinski definition) is 2. The van der Waals surface area contributed by atoms with Gasteiger partial charge in [-0.2, -0.15) is 5.26 Å². The lowest BCUT2D eigenvalue weighted by atomic mass is 9.95. The first-order chi connectivity index (χ1) is 23.5. The fourth-order valence-corrected chi connectivity index (χ4v) is 7.11. The molecule has 5 heterocycles. The van der Waals surface area contributed by atoms with Crippen molar-refractivity contribution in [2.24, 2.45) is 15.0 Å². The summed E-state index contributed by atoms with van der Waals surface area (Å²) in [5.74, 6) is -0.600. The molecule has 0 saturated carbocycles. The maximum Gasteiger partial charge on any atom is 0.305 e. The van der Waals surface area contributed by atoms with E-state index in [4.69, 9.17) is 30.2 Å².